The number of aryl methyl sites for hydroxylation is 1. The molecule has 4 rings (SSSR count). The van der Waals surface area contributed by atoms with Crippen molar-refractivity contribution in [2.75, 3.05) is 11.1 Å². The SMILES string of the molecule is [C-]#[N+]c1c(N)nc(C)nc1NC(C)c1c(-c2cc(F)cc(F)c2)oc2ccccc2c1=O. The van der Waals surface area contributed by atoms with Crippen LogP contribution in [0.15, 0.2) is 51.7 Å². The highest BCUT2D eigenvalue weighted by Gasteiger charge is 2.24. The zero-order valence-electron chi connectivity index (χ0n) is 17.1. The van der Waals surface area contributed by atoms with Gasteiger partial charge in [0.1, 0.15) is 40.4 Å². The Balaban J connectivity index is 1.94. The maximum absolute atomic E-state index is 14.0. The number of nitrogens with one attached hydrogen (secondary N) is 1. The molecule has 1 atom stereocenters. The third kappa shape index (κ3) is 3.74. The van der Waals surface area contributed by atoms with Gasteiger partial charge in [0.2, 0.25) is 0 Å². The Morgan fingerprint density at radius 2 is 1.84 bits per heavy atom. The van der Waals surface area contributed by atoms with Crippen LogP contribution in [0, 0.1) is 25.1 Å². The number of halogens is 2. The topological polar surface area (TPSA) is 98.4 Å². The summed E-state index contributed by atoms with van der Waals surface area (Å²) < 4.78 is 33.9. The molecule has 0 spiro atoms. The van der Waals surface area contributed by atoms with E-state index in [1.807, 2.05) is 0 Å². The van der Waals surface area contributed by atoms with Crippen molar-refractivity contribution in [3.8, 4) is 11.3 Å². The molecule has 160 valence electrons. The number of rotatable bonds is 4. The fourth-order valence-corrected chi connectivity index (χ4v) is 3.53. The van der Waals surface area contributed by atoms with Gasteiger partial charge in [0.25, 0.3) is 5.69 Å². The van der Waals surface area contributed by atoms with E-state index >= 15 is 0 Å². The van der Waals surface area contributed by atoms with Crippen molar-refractivity contribution < 1.29 is 13.2 Å². The third-order valence-corrected chi connectivity index (χ3v) is 4.88. The number of anilines is 2. The monoisotopic (exact) mass is 433 g/mol. The predicted molar refractivity (Wildman–Crippen MR) is 117 cm³/mol. The first kappa shape index (κ1) is 20.9. The quantitative estimate of drug-likeness (QED) is 0.432. The Hall–Kier alpha value is -4.32. The first-order chi connectivity index (χ1) is 15.3. The molecule has 0 fully saturated rings. The lowest BCUT2D eigenvalue weighted by Crippen LogP contribution is -2.20. The van der Waals surface area contributed by atoms with Gasteiger partial charge in [-0.1, -0.05) is 12.1 Å². The average Bonchev–Trinajstić information content (AvgIpc) is 2.72. The van der Waals surface area contributed by atoms with Gasteiger partial charge in [0.05, 0.1) is 23.6 Å². The lowest BCUT2D eigenvalue weighted by atomic mass is 9.99. The number of nitrogen functional groups attached to an aromatic ring is 1. The van der Waals surface area contributed by atoms with Crippen molar-refractivity contribution >= 4 is 28.3 Å². The number of hydrogen-bond acceptors (Lipinski definition) is 6. The van der Waals surface area contributed by atoms with Crippen LogP contribution in [0.3, 0.4) is 0 Å². The number of hydrogen-bond donors (Lipinski definition) is 2. The molecule has 0 aliphatic heterocycles. The molecule has 7 nitrogen and oxygen atoms in total. The number of para-hydroxylation sites is 1. The second-order valence-electron chi connectivity index (χ2n) is 7.16. The maximum atomic E-state index is 14.0. The molecule has 1 unspecified atom stereocenters. The zero-order chi connectivity index (χ0) is 23.0. The third-order valence-electron chi connectivity index (χ3n) is 4.88. The molecule has 0 saturated heterocycles. The number of aromatic nitrogens is 2. The minimum Gasteiger partial charge on any atom is -0.455 e. The maximum Gasteiger partial charge on any atom is 0.268 e. The van der Waals surface area contributed by atoms with Gasteiger partial charge in [-0.15, -0.1) is 0 Å². The Morgan fingerprint density at radius 1 is 1.16 bits per heavy atom. The molecule has 0 aliphatic rings. The van der Waals surface area contributed by atoms with Crippen LogP contribution in [0.1, 0.15) is 24.4 Å². The Labute approximate surface area is 181 Å². The molecular formula is C23H17F2N5O2. The molecule has 0 aliphatic carbocycles. The van der Waals surface area contributed by atoms with Crippen LogP contribution in [0.5, 0.6) is 0 Å². The largest absolute Gasteiger partial charge is 0.455 e. The number of fused-ring (bicyclic) bond motifs is 1. The second kappa shape index (κ2) is 8.07. The van der Waals surface area contributed by atoms with E-state index in [0.717, 1.165) is 18.2 Å². The fraction of sp³-hybridized carbons (Fsp3) is 0.130. The first-order valence-corrected chi connectivity index (χ1v) is 9.58. The van der Waals surface area contributed by atoms with Gasteiger partial charge in [0, 0.05) is 11.6 Å². The molecule has 32 heavy (non-hydrogen) atoms. The lowest BCUT2D eigenvalue weighted by molar-refractivity contribution is 0.575. The highest BCUT2D eigenvalue weighted by atomic mass is 19.1. The van der Waals surface area contributed by atoms with Crippen molar-refractivity contribution in [1.82, 2.24) is 9.97 Å². The molecule has 2 aromatic heterocycles. The molecule has 0 radical (unpaired) electrons. The summed E-state index contributed by atoms with van der Waals surface area (Å²) in [5.74, 6) is -1.13. The van der Waals surface area contributed by atoms with Crippen LogP contribution < -0.4 is 16.5 Å². The average molecular weight is 433 g/mol. The number of nitrogens with zero attached hydrogens (tertiary/aromatic N) is 3. The summed E-state index contributed by atoms with van der Waals surface area (Å²) in [5.41, 5.74) is 5.93. The van der Waals surface area contributed by atoms with Crippen molar-refractivity contribution in [3.63, 3.8) is 0 Å². The molecule has 0 amide bonds. The molecule has 0 saturated carbocycles. The standard InChI is InChI=1S/C23H17F2N5O2/c1-11(28-23-19(27-3)22(26)29-12(2)30-23)18-20(31)16-6-4-5-7-17(16)32-21(18)13-8-14(24)10-15(25)9-13/h4-11H,1-2H3,(H3,26,28,29,30). The van der Waals surface area contributed by atoms with E-state index in [1.54, 1.807) is 38.1 Å². The van der Waals surface area contributed by atoms with Gasteiger partial charge in [-0.3, -0.25) is 4.79 Å². The smallest absolute Gasteiger partial charge is 0.268 e. The highest BCUT2D eigenvalue weighted by Crippen LogP contribution is 2.35. The normalized spacial score (nSPS) is 11.8. The summed E-state index contributed by atoms with van der Waals surface area (Å²) in [6.45, 7) is 10.7. The summed E-state index contributed by atoms with van der Waals surface area (Å²) >= 11 is 0. The second-order valence-corrected chi connectivity index (χ2v) is 7.16. The molecular weight excluding hydrogens is 416 g/mol. The summed E-state index contributed by atoms with van der Waals surface area (Å²) in [5, 5.41) is 3.32. The van der Waals surface area contributed by atoms with Crippen LogP contribution in [-0.2, 0) is 0 Å². The van der Waals surface area contributed by atoms with E-state index in [2.05, 4.69) is 20.1 Å². The summed E-state index contributed by atoms with van der Waals surface area (Å²) in [6.07, 6.45) is 0. The summed E-state index contributed by atoms with van der Waals surface area (Å²) in [6, 6.07) is 8.73. The van der Waals surface area contributed by atoms with Crippen molar-refractivity contribution in [2.24, 2.45) is 0 Å². The Kier molecular flexibility index (Phi) is 5.28. The van der Waals surface area contributed by atoms with Crippen molar-refractivity contribution in [2.45, 2.75) is 19.9 Å². The minimum absolute atomic E-state index is 0.000158. The number of benzene rings is 2. The van der Waals surface area contributed by atoms with Gasteiger partial charge >= 0.3 is 0 Å². The van der Waals surface area contributed by atoms with Crippen molar-refractivity contribution in [1.29, 1.82) is 0 Å². The van der Waals surface area contributed by atoms with E-state index in [-0.39, 0.29) is 45.2 Å². The van der Waals surface area contributed by atoms with Gasteiger partial charge in [-0.2, -0.15) is 0 Å². The van der Waals surface area contributed by atoms with E-state index in [0.29, 0.717) is 11.2 Å². The molecule has 2 aromatic carbocycles. The van der Waals surface area contributed by atoms with Gasteiger partial charge < -0.3 is 15.5 Å². The van der Waals surface area contributed by atoms with Gasteiger partial charge in [-0.25, -0.2) is 23.6 Å². The minimum atomic E-state index is -0.808. The van der Waals surface area contributed by atoms with Gasteiger partial charge in [0.15, 0.2) is 5.43 Å². The van der Waals surface area contributed by atoms with Crippen LogP contribution in [0.25, 0.3) is 27.1 Å². The lowest BCUT2D eigenvalue weighted by Gasteiger charge is -2.19. The zero-order valence-corrected chi connectivity index (χ0v) is 17.1. The molecule has 9 heteroatoms. The predicted octanol–water partition coefficient (Wildman–Crippen LogP) is 5.14. The van der Waals surface area contributed by atoms with Crippen LogP contribution >= 0.6 is 0 Å². The molecule has 2 heterocycles. The summed E-state index contributed by atoms with van der Waals surface area (Å²) in [7, 11) is 0. The van der Waals surface area contributed by atoms with Crippen LogP contribution in [-0.4, -0.2) is 9.97 Å². The van der Waals surface area contributed by atoms with E-state index in [9.17, 15) is 13.6 Å². The van der Waals surface area contributed by atoms with E-state index < -0.39 is 17.7 Å². The van der Waals surface area contributed by atoms with E-state index in [4.69, 9.17) is 16.7 Å². The van der Waals surface area contributed by atoms with Crippen LogP contribution in [0.4, 0.5) is 26.1 Å². The number of nitrogens with two attached hydrogens (primary N) is 1. The molecule has 0 bridgehead atoms. The molecule has 3 N–H and O–H groups in total. The van der Waals surface area contributed by atoms with Gasteiger partial charge in [-0.05, 0) is 38.1 Å². The van der Waals surface area contributed by atoms with Crippen molar-refractivity contribution in [3.05, 3.63) is 87.1 Å². The van der Waals surface area contributed by atoms with E-state index in [1.165, 1.54) is 0 Å². The van der Waals surface area contributed by atoms with Crippen LogP contribution in [0.2, 0.25) is 0 Å². The summed E-state index contributed by atoms with van der Waals surface area (Å²) in [4.78, 5) is 25.0. The molecule has 4 aromatic rings. The fourth-order valence-electron chi connectivity index (χ4n) is 3.53. The Bertz CT molecular complexity index is 1440. The Morgan fingerprint density at radius 3 is 2.53 bits per heavy atom. The first-order valence-electron chi connectivity index (χ1n) is 9.58. The highest BCUT2D eigenvalue weighted by molar-refractivity contribution is 5.81.